The van der Waals surface area contributed by atoms with Gasteiger partial charge in [0.05, 0.1) is 5.02 Å². The fourth-order valence-electron chi connectivity index (χ4n) is 1.93. The Morgan fingerprint density at radius 3 is 2.95 bits per heavy atom. The Morgan fingerprint density at radius 1 is 1.21 bits per heavy atom. The van der Waals surface area contributed by atoms with Crippen LogP contribution in [0.25, 0.3) is 0 Å². The number of fused-ring (bicyclic) bond motifs is 1. The van der Waals surface area contributed by atoms with Gasteiger partial charge in [0.2, 0.25) is 6.79 Å². The highest BCUT2D eigenvalue weighted by Gasteiger charge is 2.18. The summed E-state index contributed by atoms with van der Waals surface area (Å²) in [6, 6.07) is 9.97. The van der Waals surface area contributed by atoms with Gasteiger partial charge in [-0.2, -0.15) is 0 Å². The third kappa shape index (κ3) is 2.58. The Labute approximate surface area is 114 Å². The van der Waals surface area contributed by atoms with Gasteiger partial charge in [0.25, 0.3) is 0 Å². The molecule has 0 bridgehead atoms. The van der Waals surface area contributed by atoms with Crippen LogP contribution in [0.2, 0.25) is 5.02 Å². The van der Waals surface area contributed by atoms with Crippen molar-refractivity contribution in [2.45, 2.75) is 6.54 Å². The molecule has 5 heteroatoms. The van der Waals surface area contributed by atoms with Gasteiger partial charge >= 0.3 is 0 Å². The summed E-state index contributed by atoms with van der Waals surface area (Å²) >= 11 is 6.09. The van der Waals surface area contributed by atoms with Crippen molar-refractivity contribution in [3.05, 3.63) is 52.8 Å². The van der Waals surface area contributed by atoms with Crippen LogP contribution in [-0.2, 0) is 6.54 Å². The third-order valence-electron chi connectivity index (χ3n) is 2.81. The molecule has 0 fully saturated rings. The average Bonchev–Trinajstić information content (AvgIpc) is 2.85. The van der Waals surface area contributed by atoms with Crippen molar-refractivity contribution in [2.75, 3.05) is 12.1 Å². The molecule has 0 radical (unpaired) electrons. The minimum absolute atomic E-state index is 0.190. The highest BCUT2D eigenvalue weighted by molar-refractivity contribution is 6.32. The lowest BCUT2D eigenvalue weighted by Crippen LogP contribution is -1.99. The van der Waals surface area contributed by atoms with Crippen molar-refractivity contribution in [3.63, 3.8) is 0 Å². The summed E-state index contributed by atoms with van der Waals surface area (Å²) in [7, 11) is 0. The summed E-state index contributed by atoms with van der Waals surface area (Å²) < 4.78 is 23.6. The molecule has 0 aliphatic carbocycles. The smallest absolute Gasteiger partial charge is 0.231 e. The number of hydrogen-bond acceptors (Lipinski definition) is 3. The zero-order valence-corrected chi connectivity index (χ0v) is 10.7. The number of nitrogens with one attached hydrogen (secondary N) is 1. The molecule has 3 nitrogen and oxygen atoms in total. The average molecular weight is 280 g/mol. The van der Waals surface area contributed by atoms with Crippen molar-refractivity contribution in [1.82, 2.24) is 0 Å². The summed E-state index contributed by atoms with van der Waals surface area (Å²) in [6.45, 7) is 0.718. The summed E-state index contributed by atoms with van der Waals surface area (Å²) in [6.07, 6.45) is 0. The fraction of sp³-hybridized carbons (Fsp3) is 0.143. The van der Waals surface area contributed by atoms with E-state index >= 15 is 0 Å². The van der Waals surface area contributed by atoms with Crippen LogP contribution in [0.1, 0.15) is 5.56 Å². The van der Waals surface area contributed by atoms with E-state index in [4.69, 9.17) is 21.1 Å². The summed E-state index contributed by atoms with van der Waals surface area (Å²) in [5.74, 6) is 0.952. The molecule has 19 heavy (non-hydrogen) atoms. The van der Waals surface area contributed by atoms with E-state index in [1.54, 1.807) is 18.2 Å². The zero-order valence-electron chi connectivity index (χ0n) is 9.95. The van der Waals surface area contributed by atoms with E-state index in [-0.39, 0.29) is 12.6 Å². The quantitative estimate of drug-likeness (QED) is 0.926. The largest absolute Gasteiger partial charge is 0.454 e. The molecule has 0 aromatic heterocycles. The lowest BCUT2D eigenvalue weighted by molar-refractivity contribution is 0.174. The molecule has 1 N–H and O–H groups in total. The second-order valence-corrected chi connectivity index (χ2v) is 4.58. The van der Waals surface area contributed by atoms with Gasteiger partial charge in [-0.05, 0) is 35.9 Å². The molecule has 3 rings (SSSR count). The topological polar surface area (TPSA) is 30.5 Å². The molecule has 1 heterocycles. The minimum atomic E-state index is -0.270. The Morgan fingerprint density at radius 2 is 2.11 bits per heavy atom. The van der Waals surface area contributed by atoms with Crippen molar-refractivity contribution in [1.29, 1.82) is 0 Å². The highest BCUT2D eigenvalue weighted by Crippen LogP contribution is 2.39. The summed E-state index contributed by atoms with van der Waals surface area (Å²) in [5, 5.41) is 3.64. The first-order valence-corrected chi connectivity index (χ1v) is 6.17. The molecule has 0 saturated carbocycles. The van der Waals surface area contributed by atoms with Gasteiger partial charge in [-0.1, -0.05) is 17.7 Å². The van der Waals surface area contributed by atoms with Gasteiger partial charge in [0, 0.05) is 12.2 Å². The minimum Gasteiger partial charge on any atom is -0.454 e. The second-order valence-electron chi connectivity index (χ2n) is 4.18. The molecule has 2 aromatic rings. The molecule has 0 saturated heterocycles. The van der Waals surface area contributed by atoms with Gasteiger partial charge in [0.15, 0.2) is 11.5 Å². The Bertz CT molecular complexity index is 618. The Kier molecular flexibility index (Phi) is 3.17. The maximum atomic E-state index is 13.0. The second kappa shape index (κ2) is 4.97. The molecule has 1 aliphatic heterocycles. The predicted molar refractivity (Wildman–Crippen MR) is 71.3 cm³/mol. The lowest BCUT2D eigenvalue weighted by atomic mass is 10.2. The molecule has 98 valence electrons. The van der Waals surface area contributed by atoms with E-state index in [1.165, 1.54) is 12.1 Å². The van der Waals surface area contributed by atoms with E-state index in [2.05, 4.69) is 5.32 Å². The van der Waals surface area contributed by atoms with E-state index in [9.17, 15) is 4.39 Å². The van der Waals surface area contributed by atoms with Crippen molar-refractivity contribution in [2.24, 2.45) is 0 Å². The number of hydrogen-bond donors (Lipinski definition) is 1. The van der Waals surface area contributed by atoms with Crippen LogP contribution in [0.4, 0.5) is 10.1 Å². The molecule has 1 aliphatic rings. The van der Waals surface area contributed by atoms with Crippen LogP contribution < -0.4 is 14.8 Å². The molecule has 2 aromatic carbocycles. The van der Waals surface area contributed by atoms with E-state index < -0.39 is 0 Å². The number of rotatable bonds is 3. The van der Waals surface area contributed by atoms with Gasteiger partial charge in [-0.15, -0.1) is 0 Å². The van der Waals surface area contributed by atoms with E-state index in [0.29, 0.717) is 28.8 Å². The van der Waals surface area contributed by atoms with Crippen molar-refractivity contribution >= 4 is 17.3 Å². The molecule has 0 unspecified atom stereocenters. The number of ether oxygens (including phenoxy) is 2. The first-order valence-electron chi connectivity index (χ1n) is 5.80. The number of anilines is 1. The van der Waals surface area contributed by atoms with Gasteiger partial charge in [-0.3, -0.25) is 0 Å². The Hall–Kier alpha value is -1.94. The zero-order chi connectivity index (χ0) is 13.2. The van der Waals surface area contributed by atoms with Crippen LogP contribution in [0.15, 0.2) is 36.4 Å². The van der Waals surface area contributed by atoms with Gasteiger partial charge < -0.3 is 14.8 Å². The molecule has 0 spiro atoms. The van der Waals surface area contributed by atoms with Crippen molar-refractivity contribution in [3.8, 4) is 11.5 Å². The van der Waals surface area contributed by atoms with Crippen LogP contribution in [0, 0.1) is 5.82 Å². The van der Waals surface area contributed by atoms with Crippen molar-refractivity contribution < 1.29 is 13.9 Å². The lowest BCUT2D eigenvalue weighted by Gasteiger charge is -2.08. The maximum absolute atomic E-state index is 13.0. The first-order chi connectivity index (χ1) is 9.22. The Balaban J connectivity index is 1.76. The highest BCUT2D eigenvalue weighted by atomic mass is 35.5. The summed E-state index contributed by atoms with van der Waals surface area (Å²) in [5.41, 5.74) is 1.66. The molecular weight excluding hydrogens is 269 g/mol. The van der Waals surface area contributed by atoms with E-state index in [0.717, 1.165) is 5.56 Å². The van der Waals surface area contributed by atoms with Gasteiger partial charge in [-0.25, -0.2) is 4.39 Å². The van der Waals surface area contributed by atoms with E-state index in [1.807, 2.05) is 6.07 Å². The summed E-state index contributed by atoms with van der Waals surface area (Å²) in [4.78, 5) is 0. The SMILES string of the molecule is Fc1cccc(NCc2cc(Cl)c3c(c2)OCO3)c1. The van der Waals surface area contributed by atoms with Gasteiger partial charge in [0.1, 0.15) is 5.82 Å². The van der Waals surface area contributed by atoms with Crippen LogP contribution in [-0.4, -0.2) is 6.79 Å². The monoisotopic (exact) mass is 279 g/mol. The van der Waals surface area contributed by atoms with Crippen LogP contribution >= 0.6 is 11.6 Å². The third-order valence-corrected chi connectivity index (χ3v) is 3.09. The normalized spacial score (nSPS) is 12.5. The predicted octanol–water partition coefficient (Wildman–Crippen LogP) is 3.82. The molecule has 0 atom stereocenters. The standard InChI is InChI=1S/C14H11ClFNO2/c15-12-4-9(5-13-14(12)19-8-18-13)7-17-11-3-1-2-10(16)6-11/h1-6,17H,7-8H2. The molecular formula is C14H11ClFNO2. The maximum Gasteiger partial charge on any atom is 0.231 e. The fourth-order valence-corrected chi connectivity index (χ4v) is 2.21. The first kappa shape index (κ1) is 12.1. The van der Waals surface area contributed by atoms with Crippen LogP contribution in [0.5, 0.6) is 11.5 Å². The number of halogens is 2. The molecule has 0 amide bonds. The number of benzene rings is 2. The van der Waals surface area contributed by atoms with Crippen LogP contribution in [0.3, 0.4) is 0 Å².